The van der Waals surface area contributed by atoms with Gasteiger partial charge in [0.2, 0.25) is 5.91 Å². The Labute approximate surface area is 172 Å². The third kappa shape index (κ3) is 7.97. The number of hydrogen-bond acceptors (Lipinski definition) is 4. The molecule has 0 aliphatic rings. The maximum absolute atomic E-state index is 12.2. The number of aromatic hydroxyl groups is 1. The van der Waals surface area contributed by atoms with Crippen molar-refractivity contribution in [3.63, 3.8) is 0 Å². The molecule has 1 aromatic heterocycles. The molecule has 1 aromatic rings. The molecule has 4 N–H and O–H groups in total. The smallest absolute Gasteiger partial charge is 0.279 e. The van der Waals surface area contributed by atoms with Crippen LogP contribution < -0.4 is 16.4 Å². The van der Waals surface area contributed by atoms with Gasteiger partial charge in [-0.1, -0.05) is 77.5 Å². The van der Waals surface area contributed by atoms with Gasteiger partial charge >= 0.3 is 0 Å². The maximum atomic E-state index is 12.2. The summed E-state index contributed by atoms with van der Waals surface area (Å²) in [6, 6.07) is 0. The minimum atomic E-state index is -0.900. The molecule has 0 aliphatic carbocycles. The molecule has 0 unspecified atom stereocenters. The Morgan fingerprint density at radius 1 is 0.966 bits per heavy atom. The van der Waals surface area contributed by atoms with Crippen LogP contribution in [0.3, 0.4) is 0 Å². The number of aromatic nitrogens is 1. The zero-order valence-corrected chi connectivity index (χ0v) is 17.3. The lowest BCUT2D eigenvalue weighted by Gasteiger charge is -2.11. The Kier molecular flexibility index (Phi) is 11.2. The van der Waals surface area contributed by atoms with Gasteiger partial charge in [-0.2, -0.15) is 0 Å². The third-order valence-corrected chi connectivity index (χ3v) is 4.72. The molecule has 0 atom stereocenters. The maximum Gasteiger partial charge on any atom is 0.279 e. The second kappa shape index (κ2) is 13.4. The van der Waals surface area contributed by atoms with E-state index in [-0.39, 0.29) is 23.6 Å². The molecule has 1 rings (SSSR count). The molecule has 0 saturated carbocycles. The molecule has 0 aliphatic heterocycles. The number of pyridine rings is 1. The van der Waals surface area contributed by atoms with Crippen molar-refractivity contribution in [1.29, 1.82) is 0 Å². The first-order valence-electron chi connectivity index (χ1n) is 10.3. The van der Waals surface area contributed by atoms with Gasteiger partial charge in [-0.3, -0.25) is 25.2 Å². The van der Waals surface area contributed by atoms with E-state index in [9.17, 15) is 19.5 Å². The molecule has 160 valence electrons. The zero-order valence-electron chi connectivity index (χ0n) is 17.3. The fraction of sp³-hybridized carbons (Fsp3) is 0.500. The molecule has 0 saturated heterocycles. The van der Waals surface area contributed by atoms with Crippen LogP contribution >= 0.6 is 0 Å². The third-order valence-electron chi connectivity index (χ3n) is 4.72. The summed E-state index contributed by atoms with van der Waals surface area (Å²) >= 11 is 0. The monoisotopic (exact) mass is 403 g/mol. The summed E-state index contributed by atoms with van der Waals surface area (Å²) in [5.41, 5.74) is 3.62. The highest BCUT2D eigenvalue weighted by molar-refractivity contribution is 5.98. The van der Waals surface area contributed by atoms with Crippen LogP contribution in [0.4, 0.5) is 0 Å². The highest BCUT2D eigenvalue weighted by Crippen LogP contribution is 2.23. The Hall–Kier alpha value is -2.83. The molecule has 0 aromatic carbocycles. The average Bonchev–Trinajstić information content (AvgIpc) is 2.70. The Morgan fingerprint density at radius 2 is 1.55 bits per heavy atom. The van der Waals surface area contributed by atoms with Crippen molar-refractivity contribution in [2.75, 3.05) is 0 Å². The number of carbonyl (C=O) groups is 2. The number of rotatable bonds is 13. The molecule has 0 spiro atoms. The number of hydrogen-bond donors (Lipinski definition) is 4. The summed E-state index contributed by atoms with van der Waals surface area (Å²) in [7, 11) is 0. The van der Waals surface area contributed by atoms with Gasteiger partial charge in [-0.25, -0.2) is 0 Å². The summed E-state index contributed by atoms with van der Waals surface area (Å²) in [4.78, 5) is 38.6. The van der Waals surface area contributed by atoms with E-state index in [0.717, 1.165) is 19.3 Å². The number of amides is 2. The summed E-state index contributed by atoms with van der Waals surface area (Å²) in [5.74, 6) is -1.75. The van der Waals surface area contributed by atoms with Crippen LogP contribution in [0.5, 0.6) is 5.75 Å². The molecule has 29 heavy (non-hydrogen) atoms. The van der Waals surface area contributed by atoms with Crippen LogP contribution in [0.25, 0.3) is 12.2 Å². The van der Waals surface area contributed by atoms with Crippen molar-refractivity contribution in [3.8, 4) is 5.75 Å². The number of unbranched alkanes of at least 4 members (excludes halogenated alkanes) is 8. The van der Waals surface area contributed by atoms with E-state index in [4.69, 9.17) is 0 Å². The van der Waals surface area contributed by atoms with Gasteiger partial charge in [-0.15, -0.1) is 0 Å². The van der Waals surface area contributed by atoms with Gasteiger partial charge in [0.15, 0.2) is 0 Å². The van der Waals surface area contributed by atoms with Gasteiger partial charge in [0, 0.05) is 12.0 Å². The number of hydrazine groups is 1. The van der Waals surface area contributed by atoms with Gasteiger partial charge in [0.25, 0.3) is 11.5 Å². The van der Waals surface area contributed by atoms with Crippen molar-refractivity contribution in [2.24, 2.45) is 0 Å². The van der Waals surface area contributed by atoms with Gasteiger partial charge in [-0.05, 0) is 12.5 Å². The molecule has 0 radical (unpaired) electrons. The van der Waals surface area contributed by atoms with Gasteiger partial charge in [0.1, 0.15) is 11.3 Å². The molecule has 2 amide bonds. The van der Waals surface area contributed by atoms with Crippen LogP contribution in [0.2, 0.25) is 0 Å². The van der Waals surface area contributed by atoms with Crippen molar-refractivity contribution < 1.29 is 14.7 Å². The van der Waals surface area contributed by atoms with E-state index in [0.29, 0.717) is 0 Å². The van der Waals surface area contributed by atoms with Crippen LogP contribution in [0.15, 0.2) is 18.0 Å². The minimum absolute atomic E-state index is 0.186. The Morgan fingerprint density at radius 3 is 2.10 bits per heavy atom. The number of nitrogens with one attached hydrogen (secondary N) is 3. The first-order chi connectivity index (χ1) is 14.0. The minimum Gasteiger partial charge on any atom is -0.506 e. The van der Waals surface area contributed by atoms with E-state index < -0.39 is 22.8 Å². The fourth-order valence-electron chi connectivity index (χ4n) is 3.05. The zero-order chi connectivity index (χ0) is 21.6. The van der Waals surface area contributed by atoms with Crippen molar-refractivity contribution in [3.05, 3.63) is 40.3 Å². The first-order valence-corrected chi connectivity index (χ1v) is 10.3. The Balaban J connectivity index is 2.40. The predicted octanol–water partition coefficient (Wildman–Crippen LogP) is 4.05. The second-order valence-electron chi connectivity index (χ2n) is 6.99. The average molecular weight is 404 g/mol. The second-order valence-corrected chi connectivity index (χ2v) is 6.99. The summed E-state index contributed by atoms with van der Waals surface area (Å²) in [6.07, 6.45) is 13.2. The molecular weight excluding hydrogens is 370 g/mol. The molecule has 1 heterocycles. The topological polar surface area (TPSA) is 111 Å². The van der Waals surface area contributed by atoms with Gasteiger partial charge in [0.05, 0.1) is 5.69 Å². The van der Waals surface area contributed by atoms with Crippen LogP contribution in [-0.4, -0.2) is 21.9 Å². The summed E-state index contributed by atoms with van der Waals surface area (Å²) in [5, 5.41) is 10.2. The van der Waals surface area contributed by atoms with E-state index in [1.165, 1.54) is 50.7 Å². The van der Waals surface area contributed by atoms with Crippen molar-refractivity contribution >= 4 is 24.0 Å². The molecule has 7 nitrogen and oxygen atoms in total. The SMILES string of the molecule is C=Cc1[nH]c(=O)c(C(=O)NNC(=O)CCCCCCCCCCC)c(O)c1C=C. The molecular formula is C22H33N3O4. The van der Waals surface area contributed by atoms with Crippen LogP contribution in [0, 0.1) is 0 Å². The highest BCUT2D eigenvalue weighted by Gasteiger charge is 2.20. The standard InChI is InChI=1S/C22H33N3O4/c1-4-7-8-9-10-11-12-13-14-15-18(26)24-25-22(29)19-20(27)16(5-2)17(6-3)23-21(19)28/h5-6H,2-4,7-15H2,1H3,(H,24,26)(H,25,29)(H2,23,27,28). The summed E-state index contributed by atoms with van der Waals surface area (Å²) < 4.78 is 0. The molecule has 0 bridgehead atoms. The summed E-state index contributed by atoms with van der Waals surface area (Å²) in [6.45, 7) is 9.28. The van der Waals surface area contributed by atoms with E-state index in [1.807, 2.05) is 0 Å². The Bertz CT molecular complexity index is 768. The van der Waals surface area contributed by atoms with E-state index in [1.54, 1.807) is 0 Å². The largest absolute Gasteiger partial charge is 0.506 e. The predicted molar refractivity (Wildman–Crippen MR) is 116 cm³/mol. The van der Waals surface area contributed by atoms with E-state index >= 15 is 0 Å². The van der Waals surface area contributed by atoms with Crippen molar-refractivity contribution in [1.82, 2.24) is 15.8 Å². The number of carbonyl (C=O) groups excluding carboxylic acids is 2. The highest BCUT2D eigenvalue weighted by atomic mass is 16.3. The first kappa shape index (κ1) is 24.2. The number of aromatic amines is 1. The quantitative estimate of drug-likeness (QED) is 0.294. The number of H-pyrrole nitrogens is 1. The van der Waals surface area contributed by atoms with Crippen molar-refractivity contribution in [2.45, 2.75) is 71.1 Å². The fourth-order valence-corrected chi connectivity index (χ4v) is 3.05. The van der Waals surface area contributed by atoms with E-state index in [2.05, 4.69) is 35.9 Å². The normalized spacial score (nSPS) is 10.4. The van der Waals surface area contributed by atoms with Crippen LogP contribution in [-0.2, 0) is 4.79 Å². The lowest BCUT2D eigenvalue weighted by atomic mass is 10.1. The van der Waals surface area contributed by atoms with Gasteiger partial charge < -0.3 is 10.1 Å². The molecule has 7 heteroatoms. The molecule has 0 fully saturated rings. The lowest BCUT2D eigenvalue weighted by molar-refractivity contribution is -0.122. The van der Waals surface area contributed by atoms with Crippen LogP contribution in [0.1, 0.15) is 92.7 Å². The lowest BCUT2D eigenvalue weighted by Crippen LogP contribution is -2.43.